The van der Waals surface area contributed by atoms with Crippen LogP contribution in [0.3, 0.4) is 0 Å². The first kappa shape index (κ1) is 17.0. The summed E-state index contributed by atoms with van der Waals surface area (Å²) in [6.45, 7) is 2.05. The number of fused-ring (bicyclic) bond motifs is 1. The second-order valence-electron chi connectivity index (χ2n) is 5.84. The van der Waals surface area contributed by atoms with E-state index in [4.69, 9.17) is 17.3 Å². The molecule has 1 heterocycles. The summed E-state index contributed by atoms with van der Waals surface area (Å²) in [5.74, 6) is -0.506. The van der Waals surface area contributed by atoms with Gasteiger partial charge in [0.1, 0.15) is 0 Å². The molecule has 0 bridgehead atoms. The van der Waals surface area contributed by atoms with Crippen LogP contribution in [-0.2, 0) is 11.3 Å². The Labute approximate surface area is 150 Å². The third-order valence-corrected chi connectivity index (χ3v) is 4.36. The second kappa shape index (κ2) is 6.95. The van der Waals surface area contributed by atoms with E-state index in [0.29, 0.717) is 17.1 Å². The van der Waals surface area contributed by atoms with Crippen LogP contribution in [0.25, 0.3) is 17.0 Å². The number of aromatic nitrogens is 1. The minimum absolute atomic E-state index is 0.0271. The third kappa shape index (κ3) is 3.64. The molecule has 0 radical (unpaired) electrons. The number of benzene rings is 2. The van der Waals surface area contributed by atoms with E-state index >= 15 is 0 Å². The van der Waals surface area contributed by atoms with Gasteiger partial charge in [-0.05, 0) is 42.8 Å². The quantitative estimate of drug-likeness (QED) is 0.704. The van der Waals surface area contributed by atoms with Crippen molar-refractivity contribution in [1.29, 1.82) is 0 Å². The van der Waals surface area contributed by atoms with Gasteiger partial charge in [0, 0.05) is 39.8 Å². The average Bonchev–Trinajstić information content (AvgIpc) is 2.92. The molecule has 3 aromatic rings. The first-order valence-electron chi connectivity index (χ1n) is 7.80. The minimum atomic E-state index is -0.478. The van der Waals surface area contributed by atoms with Crippen molar-refractivity contribution in [2.24, 2.45) is 5.73 Å². The summed E-state index contributed by atoms with van der Waals surface area (Å²) in [7, 11) is 0. The lowest BCUT2D eigenvalue weighted by atomic mass is 10.1. The molecular formula is C20H17ClN2O2. The van der Waals surface area contributed by atoms with Gasteiger partial charge in [-0.3, -0.25) is 9.59 Å². The van der Waals surface area contributed by atoms with Crippen molar-refractivity contribution in [2.45, 2.75) is 13.5 Å². The molecule has 0 aliphatic carbocycles. The SMILES string of the molecule is CC(=O)/C=C/c1cn(Cc2ccccc2Cl)c2cc(C(N)=O)ccc12. The highest BCUT2D eigenvalue weighted by atomic mass is 35.5. The number of carbonyl (C=O) groups is 2. The molecule has 1 amide bonds. The van der Waals surface area contributed by atoms with Crippen molar-refractivity contribution in [3.63, 3.8) is 0 Å². The zero-order chi connectivity index (χ0) is 18.0. The van der Waals surface area contributed by atoms with E-state index in [9.17, 15) is 9.59 Å². The number of halogens is 1. The molecular weight excluding hydrogens is 336 g/mol. The van der Waals surface area contributed by atoms with Crippen LogP contribution in [0.5, 0.6) is 0 Å². The van der Waals surface area contributed by atoms with Gasteiger partial charge in [-0.2, -0.15) is 0 Å². The largest absolute Gasteiger partial charge is 0.366 e. The van der Waals surface area contributed by atoms with E-state index in [1.807, 2.05) is 41.1 Å². The molecule has 0 fully saturated rings. The summed E-state index contributed by atoms with van der Waals surface area (Å²) in [6, 6.07) is 12.9. The van der Waals surface area contributed by atoms with E-state index in [-0.39, 0.29) is 5.78 Å². The van der Waals surface area contributed by atoms with Gasteiger partial charge in [0.05, 0.1) is 0 Å². The maximum atomic E-state index is 11.5. The van der Waals surface area contributed by atoms with Crippen molar-refractivity contribution in [3.8, 4) is 0 Å². The number of hydrogen-bond acceptors (Lipinski definition) is 2. The summed E-state index contributed by atoms with van der Waals surface area (Å²) in [5, 5.41) is 1.62. The molecule has 0 saturated heterocycles. The molecule has 2 aromatic carbocycles. The zero-order valence-corrected chi connectivity index (χ0v) is 14.5. The highest BCUT2D eigenvalue weighted by Gasteiger charge is 2.11. The minimum Gasteiger partial charge on any atom is -0.366 e. The lowest BCUT2D eigenvalue weighted by Gasteiger charge is -2.08. The lowest BCUT2D eigenvalue weighted by molar-refractivity contribution is -0.112. The Kier molecular flexibility index (Phi) is 4.72. The Hall–Kier alpha value is -2.85. The van der Waals surface area contributed by atoms with Gasteiger partial charge in [-0.1, -0.05) is 35.9 Å². The van der Waals surface area contributed by atoms with Gasteiger partial charge in [-0.25, -0.2) is 0 Å². The maximum Gasteiger partial charge on any atom is 0.248 e. The van der Waals surface area contributed by atoms with Gasteiger partial charge in [0.15, 0.2) is 5.78 Å². The fourth-order valence-electron chi connectivity index (χ4n) is 2.75. The number of primary amides is 1. The number of allylic oxidation sites excluding steroid dienone is 1. The number of rotatable bonds is 5. The Balaban J connectivity index is 2.15. The smallest absolute Gasteiger partial charge is 0.248 e. The van der Waals surface area contributed by atoms with Crippen molar-refractivity contribution in [2.75, 3.05) is 0 Å². The number of hydrogen-bond donors (Lipinski definition) is 1. The predicted octanol–water partition coefficient (Wildman–Crippen LogP) is 4.04. The predicted molar refractivity (Wildman–Crippen MR) is 101 cm³/mol. The van der Waals surface area contributed by atoms with E-state index in [1.165, 1.54) is 13.0 Å². The molecule has 3 rings (SSSR count). The van der Waals surface area contributed by atoms with Crippen LogP contribution < -0.4 is 5.73 Å². The Morgan fingerprint density at radius 1 is 1.20 bits per heavy atom. The third-order valence-electron chi connectivity index (χ3n) is 3.99. The summed E-state index contributed by atoms with van der Waals surface area (Å²) >= 11 is 6.27. The Bertz CT molecular complexity index is 1000. The van der Waals surface area contributed by atoms with Gasteiger partial charge in [0.25, 0.3) is 0 Å². The van der Waals surface area contributed by atoms with E-state index in [2.05, 4.69) is 0 Å². The Morgan fingerprint density at radius 3 is 2.64 bits per heavy atom. The van der Waals surface area contributed by atoms with Crippen LogP contribution in [-0.4, -0.2) is 16.3 Å². The molecule has 0 spiro atoms. The summed E-state index contributed by atoms with van der Waals surface area (Å²) < 4.78 is 2.00. The molecule has 1 aromatic heterocycles. The van der Waals surface area contributed by atoms with Gasteiger partial charge < -0.3 is 10.3 Å². The van der Waals surface area contributed by atoms with Crippen LogP contribution in [0.4, 0.5) is 0 Å². The average molecular weight is 353 g/mol. The molecule has 0 unspecified atom stereocenters. The summed E-state index contributed by atoms with van der Waals surface area (Å²) in [4.78, 5) is 22.8. The number of nitrogens with zero attached hydrogens (tertiary/aromatic N) is 1. The van der Waals surface area contributed by atoms with Crippen LogP contribution in [0, 0.1) is 0 Å². The first-order valence-corrected chi connectivity index (χ1v) is 8.18. The fourth-order valence-corrected chi connectivity index (χ4v) is 2.95. The molecule has 2 N–H and O–H groups in total. The topological polar surface area (TPSA) is 65.1 Å². The maximum absolute atomic E-state index is 11.5. The van der Waals surface area contributed by atoms with Gasteiger partial charge in [0.2, 0.25) is 5.91 Å². The van der Waals surface area contributed by atoms with Gasteiger partial charge >= 0.3 is 0 Å². The zero-order valence-electron chi connectivity index (χ0n) is 13.7. The second-order valence-corrected chi connectivity index (χ2v) is 6.25. The molecule has 0 aliphatic heterocycles. The van der Waals surface area contributed by atoms with E-state index in [1.54, 1.807) is 18.2 Å². The van der Waals surface area contributed by atoms with Crippen LogP contribution in [0.1, 0.15) is 28.4 Å². The molecule has 0 atom stereocenters. The highest BCUT2D eigenvalue weighted by molar-refractivity contribution is 6.31. The number of nitrogens with two attached hydrogens (primary N) is 1. The lowest BCUT2D eigenvalue weighted by Crippen LogP contribution is -2.10. The van der Waals surface area contributed by atoms with Crippen molar-refractivity contribution in [1.82, 2.24) is 4.57 Å². The normalized spacial score (nSPS) is 11.3. The molecule has 0 saturated carbocycles. The first-order chi connectivity index (χ1) is 12.0. The summed E-state index contributed by atoms with van der Waals surface area (Å²) in [6.07, 6.45) is 5.24. The fraction of sp³-hybridized carbons (Fsp3) is 0.100. The number of ketones is 1. The molecule has 126 valence electrons. The number of carbonyl (C=O) groups excluding carboxylic acids is 2. The Morgan fingerprint density at radius 2 is 1.96 bits per heavy atom. The van der Waals surface area contributed by atoms with Crippen molar-refractivity contribution >= 4 is 40.3 Å². The molecule has 5 heteroatoms. The van der Waals surface area contributed by atoms with E-state index < -0.39 is 5.91 Å². The van der Waals surface area contributed by atoms with Crippen LogP contribution >= 0.6 is 11.6 Å². The monoisotopic (exact) mass is 352 g/mol. The van der Waals surface area contributed by atoms with Crippen LogP contribution in [0.2, 0.25) is 5.02 Å². The van der Waals surface area contributed by atoms with Crippen molar-refractivity contribution in [3.05, 3.63) is 76.5 Å². The van der Waals surface area contributed by atoms with E-state index in [0.717, 1.165) is 22.0 Å². The standard InChI is InChI=1S/C20H17ClN2O2/c1-13(24)6-7-15-11-23(12-16-4-2-3-5-18(16)21)19-10-14(20(22)25)8-9-17(15)19/h2-11H,12H2,1H3,(H2,22,25)/b7-6+. The highest BCUT2D eigenvalue weighted by Crippen LogP contribution is 2.26. The molecule has 4 nitrogen and oxygen atoms in total. The van der Waals surface area contributed by atoms with Crippen LogP contribution in [0.15, 0.2) is 54.7 Å². The molecule has 25 heavy (non-hydrogen) atoms. The number of amides is 1. The van der Waals surface area contributed by atoms with Gasteiger partial charge in [-0.15, -0.1) is 0 Å². The van der Waals surface area contributed by atoms with Crippen molar-refractivity contribution < 1.29 is 9.59 Å². The summed E-state index contributed by atoms with van der Waals surface area (Å²) in [5.41, 5.74) is 8.57. The molecule has 0 aliphatic rings.